The van der Waals surface area contributed by atoms with Gasteiger partial charge in [-0.05, 0) is 18.8 Å². The molecule has 1 amide bonds. The lowest BCUT2D eigenvalue weighted by molar-refractivity contribution is -0.140. The number of carbonyl (C=O) groups is 2. The quantitative estimate of drug-likeness (QED) is 0.736. The first kappa shape index (κ1) is 10.9. The lowest BCUT2D eigenvalue weighted by Crippen LogP contribution is -2.38. The summed E-state index contributed by atoms with van der Waals surface area (Å²) in [6, 6.07) is 0. The minimum atomic E-state index is -1.12. The van der Waals surface area contributed by atoms with Crippen molar-refractivity contribution in [3.8, 4) is 0 Å². The molecule has 1 fully saturated rings. The van der Waals surface area contributed by atoms with Crippen LogP contribution in [0.5, 0.6) is 0 Å². The number of hydrogen-bond donors (Lipinski definition) is 1. The summed E-state index contributed by atoms with van der Waals surface area (Å²) < 4.78 is 0. The van der Waals surface area contributed by atoms with E-state index in [2.05, 4.69) is 5.16 Å². The molecule has 1 aliphatic carbocycles. The van der Waals surface area contributed by atoms with Crippen LogP contribution in [0.1, 0.15) is 19.3 Å². The molecule has 0 radical (unpaired) electrons. The van der Waals surface area contributed by atoms with E-state index in [1.807, 2.05) is 0 Å². The third kappa shape index (κ3) is 2.32. The number of rotatable bonds is 4. The number of hydrogen-bond acceptors (Lipinski definition) is 4. The van der Waals surface area contributed by atoms with Gasteiger partial charge in [0.15, 0.2) is 5.71 Å². The normalized spacial score (nSPS) is 23.6. The van der Waals surface area contributed by atoms with Crippen LogP contribution in [0, 0.1) is 5.92 Å². The van der Waals surface area contributed by atoms with Crippen LogP contribution in [-0.4, -0.2) is 47.3 Å². The molecule has 0 spiro atoms. The summed E-state index contributed by atoms with van der Waals surface area (Å²) in [5.74, 6) is -0.706. The Morgan fingerprint density at radius 3 is 2.75 bits per heavy atom. The highest BCUT2D eigenvalue weighted by Crippen LogP contribution is 2.29. The average molecular weight is 226 g/mol. The second kappa shape index (κ2) is 4.11. The fourth-order valence-corrected chi connectivity index (χ4v) is 1.66. The largest absolute Gasteiger partial charge is 0.477 e. The van der Waals surface area contributed by atoms with Gasteiger partial charge in [-0.25, -0.2) is 4.79 Å². The van der Waals surface area contributed by atoms with Gasteiger partial charge in [0, 0.05) is 20.0 Å². The van der Waals surface area contributed by atoms with Crippen LogP contribution in [-0.2, 0) is 14.4 Å². The predicted molar refractivity (Wildman–Crippen MR) is 54.9 cm³/mol. The second-order valence-corrected chi connectivity index (χ2v) is 4.30. The molecule has 0 saturated heterocycles. The summed E-state index contributed by atoms with van der Waals surface area (Å²) in [7, 11) is 1.71. The van der Waals surface area contributed by atoms with Crippen LogP contribution in [0.3, 0.4) is 0 Å². The molecular weight excluding hydrogens is 212 g/mol. The first-order valence-electron chi connectivity index (χ1n) is 5.29. The van der Waals surface area contributed by atoms with E-state index in [4.69, 9.17) is 9.94 Å². The summed E-state index contributed by atoms with van der Waals surface area (Å²) in [5.41, 5.74) is -0.0850. The van der Waals surface area contributed by atoms with Gasteiger partial charge in [-0.3, -0.25) is 4.79 Å². The zero-order valence-electron chi connectivity index (χ0n) is 9.05. The maximum Gasteiger partial charge on any atom is 0.353 e. The molecule has 0 aromatic heterocycles. The number of carboxylic acid groups (broad SMARTS) is 1. The van der Waals surface area contributed by atoms with Crippen molar-refractivity contribution in [2.24, 2.45) is 11.1 Å². The van der Waals surface area contributed by atoms with Crippen LogP contribution < -0.4 is 0 Å². The lowest BCUT2D eigenvalue weighted by atomic mass is 10.1. The van der Waals surface area contributed by atoms with Gasteiger partial charge in [-0.15, -0.1) is 0 Å². The molecule has 16 heavy (non-hydrogen) atoms. The third-order valence-corrected chi connectivity index (χ3v) is 2.80. The molecule has 2 rings (SSSR count). The molecule has 0 aromatic carbocycles. The fourth-order valence-electron chi connectivity index (χ4n) is 1.66. The van der Waals surface area contributed by atoms with E-state index >= 15 is 0 Å². The molecule has 6 heteroatoms. The van der Waals surface area contributed by atoms with E-state index in [9.17, 15) is 9.59 Å². The molecule has 0 bridgehead atoms. The summed E-state index contributed by atoms with van der Waals surface area (Å²) in [4.78, 5) is 28.8. The van der Waals surface area contributed by atoms with E-state index < -0.39 is 12.1 Å². The number of oxime groups is 1. The van der Waals surface area contributed by atoms with Crippen molar-refractivity contribution in [2.75, 3.05) is 13.6 Å². The Hall–Kier alpha value is -1.59. The number of likely N-dealkylation sites (N-methyl/N-ethyl adjacent to an activating group) is 1. The molecule has 88 valence electrons. The molecule has 1 aliphatic heterocycles. The standard InChI is InChI=1S/C10H14N2O4/c1-12(5-6-2-3-6)9(13)8-4-7(10(14)15)11-16-8/h6,8H,2-5H2,1H3,(H,14,15). The van der Waals surface area contributed by atoms with Crippen molar-refractivity contribution < 1.29 is 19.5 Å². The van der Waals surface area contributed by atoms with Crippen molar-refractivity contribution in [3.05, 3.63) is 0 Å². The van der Waals surface area contributed by atoms with Gasteiger partial charge in [-0.1, -0.05) is 5.16 Å². The Morgan fingerprint density at radius 2 is 2.25 bits per heavy atom. The summed E-state index contributed by atoms with van der Waals surface area (Å²) in [6.07, 6.45) is 1.64. The Labute approximate surface area is 92.9 Å². The fraction of sp³-hybridized carbons (Fsp3) is 0.700. The van der Waals surface area contributed by atoms with Crippen molar-refractivity contribution >= 4 is 17.6 Å². The van der Waals surface area contributed by atoms with Crippen molar-refractivity contribution in [1.29, 1.82) is 0 Å². The Kier molecular flexibility index (Phi) is 2.80. The highest BCUT2D eigenvalue weighted by atomic mass is 16.6. The summed E-state index contributed by atoms with van der Waals surface area (Å²) in [5, 5.41) is 12.1. The van der Waals surface area contributed by atoms with E-state index in [1.165, 1.54) is 12.8 Å². The zero-order chi connectivity index (χ0) is 11.7. The van der Waals surface area contributed by atoms with E-state index in [1.54, 1.807) is 11.9 Å². The lowest BCUT2D eigenvalue weighted by Gasteiger charge is -2.19. The SMILES string of the molecule is CN(CC1CC1)C(=O)C1CC(C(=O)O)=NO1. The van der Waals surface area contributed by atoms with Crippen LogP contribution in [0.2, 0.25) is 0 Å². The van der Waals surface area contributed by atoms with Gasteiger partial charge in [0.2, 0.25) is 6.10 Å². The molecule has 1 unspecified atom stereocenters. The van der Waals surface area contributed by atoms with Gasteiger partial charge in [-0.2, -0.15) is 0 Å². The zero-order valence-corrected chi connectivity index (χ0v) is 9.05. The van der Waals surface area contributed by atoms with Gasteiger partial charge >= 0.3 is 5.97 Å². The molecular formula is C10H14N2O4. The molecule has 1 N–H and O–H groups in total. The molecule has 1 atom stereocenters. The smallest absolute Gasteiger partial charge is 0.353 e. The van der Waals surface area contributed by atoms with Gasteiger partial charge in [0.05, 0.1) is 0 Å². The molecule has 1 saturated carbocycles. The number of nitrogens with zero attached hydrogens (tertiary/aromatic N) is 2. The van der Waals surface area contributed by atoms with Gasteiger partial charge in [0.1, 0.15) is 0 Å². The first-order valence-corrected chi connectivity index (χ1v) is 5.29. The third-order valence-electron chi connectivity index (χ3n) is 2.80. The Bertz CT molecular complexity index is 349. The van der Waals surface area contributed by atoms with E-state index in [-0.39, 0.29) is 18.0 Å². The number of aliphatic carboxylic acids is 1. The molecule has 0 aromatic rings. The number of carbonyl (C=O) groups excluding carboxylic acids is 1. The summed E-state index contributed by atoms with van der Waals surface area (Å²) >= 11 is 0. The highest BCUT2D eigenvalue weighted by molar-refractivity contribution is 6.36. The first-order chi connectivity index (χ1) is 7.58. The second-order valence-electron chi connectivity index (χ2n) is 4.30. The Balaban J connectivity index is 1.84. The van der Waals surface area contributed by atoms with Crippen LogP contribution in [0.15, 0.2) is 5.16 Å². The topological polar surface area (TPSA) is 79.2 Å². The van der Waals surface area contributed by atoms with Gasteiger partial charge < -0.3 is 14.8 Å². The number of carboxylic acids is 1. The minimum Gasteiger partial charge on any atom is -0.477 e. The molecule has 1 heterocycles. The monoisotopic (exact) mass is 226 g/mol. The minimum absolute atomic E-state index is 0.0587. The van der Waals surface area contributed by atoms with Crippen LogP contribution in [0.4, 0.5) is 0 Å². The maximum absolute atomic E-state index is 11.8. The van der Waals surface area contributed by atoms with Crippen molar-refractivity contribution in [2.45, 2.75) is 25.4 Å². The average Bonchev–Trinajstić information content (AvgIpc) is 2.91. The van der Waals surface area contributed by atoms with Gasteiger partial charge in [0.25, 0.3) is 5.91 Å². The highest BCUT2D eigenvalue weighted by Gasteiger charge is 2.35. The number of amides is 1. The van der Waals surface area contributed by atoms with Crippen molar-refractivity contribution in [3.63, 3.8) is 0 Å². The molecule has 6 nitrogen and oxygen atoms in total. The van der Waals surface area contributed by atoms with Crippen molar-refractivity contribution in [1.82, 2.24) is 4.90 Å². The van der Waals surface area contributed by atoms with E-state index in [0.29, 0.717) is 5.92 Å². The summed E-state index contributed by atoms with van der Waals surface area (Å²) in [6.45, 7) is 0.723. The Morgan fingerprint density at radius 1 is 1.56 bits per heavy atom. The molecule has 2 aliphatic rings. The maximum atomic E-state index is 11.8. The van der Waals surface area contributed by atoms with E-state index in [0.717, 1.165) is 6.54 Å². The van der Waals surface area contributed by atoms with Crippen LogP contribution in [0.25, 0.3) is 0 Å². The van der Waals surface area contributed by atoms with Crippen LogP contribution >= 0.6 is 0 Å². The predicted octanol–water partition coefficient (Wildman–Crippen LogP) is 0.0843.